The Bertz CT molecular complexity index is 998. The Morgan fingerprint density at radius 1 is 1.25 bits per heavy atom. The summed E-state index contributed by atoms with van der Waals surface area (Å²) >= 11 is 0. The molecule has 0 aliphatic carbocycles. The van der Waals surface area contributed by atoms with Gasteiger partial charge in [0.15, 0.2) is 0 Å². The zero-order valence-corrected chi connectivity index (χ0v) is 16.5. The van der Waals surface area contributed by atoms with E-state index < -0.39 is 0 Å². The van der Waals surface area contributed by atoms with Crippen molar-refractivity contribution in [3.63, 3.8) is 0 Å². The summed E-state index contributed by atoms with van der Waals surface area (Å²) in [5.74, 6) is 0.796. The summed E-state index contributed by atoms with van der Waals surface area (Å²) in [7, 11) is 5.02. The molecule has 0 aliphatic rings. The van der Waals surface area contributed by atoms with Crippen LogP contribution in [-0.4, -0.2) is 48.2 Å². The highest BCUT2D eigenvalue weighted by Gasteiger charge is 2.18. The number of methoxy groups -OCH3 is 1. The molecule has 3 aromatic rings. The van der Waals surface area contributed by atoms with E-state index in [2.05, 4.69) is 4.98 Å². The van der Waals surface area contributed by atoms with Crippen molar-refractivity contribution in [2.75, 3.05) is 27.8 Å². The van der Waals surface area contributed by atoms with E-state index in [9.17, 15) is 9.18 Å². The molecule has 0 bridgehead atoms. The van der Waals surface area contributed by atoms with Gasteiger partial charge in [0.2, 0.25) is 0 Å². The number of carbonyl (C=O) groups excluding carboxylic acids is 1. The van der Waals surface area contributed by atoms with Crippen LogP contribution in [0.15, 0.2) is 36.4 Å². The van der Waals surface area contributed by atoms with Crippen LogP contribution < -0.4 is 4.74 Å². The van der Waals surface area contributed by atoms with Crippen LogP contribution in [0.1, 0.15) is 21.7 Å². The van der Waals surface area contributed by atoms with Gasteiger partial charge in [0.05, 0.1) is 12.1 Å². The molecule has 0 unspecified atom stereocenters. The molecule has 2 aromatic carbocycles. The van der Waals surface area contributed by atoms with Crippen LogP contribution in [0.25, 0.3) is 11.0 Å². The molecule has 1 aromatic heterocycles. The van der Waals surface area contributed by atoms with Gasteiger partial charge in [-0.3, -0.25) is 4.79 Å². The van der Waals surface area contributed by atoms with Crippen molar-refractivity contribution < 1.29 is 18.7 Å². The van der Waals surface area contributed by atoms with Gasteiger partial charge in [-0.25, -0.2) is 9.37 Å². The molecule has 0 saturated carbocycles. The zero-order valence-electron chi connectivity index (χ0n) is 16.5. The van der Waals surface area contributed by atoms with Crippen LogP contribution in [0.5, 0.6) is 5.75 Å². The Balaban J connectivity index is 2.07. The van der Waals surface area contributed by atoms with Crippen molar-refractivity contribution in [3.8, 4) is 5.75 Å². The van der Waals surface area contributed by atoms with Crippen LogP contribution >= 0.6 is 0 Å². The monoisotopic (exact) mass is 385 g/mol. The van der Waals surface area contributed by atoms with Crippen LogP contribution in [-0.2, 0) is 17.9 Å². The third kappa shape index (κ3) is 3.99. The largest absolute Gasteiger partial charge is 0.486 e. The predicted molar refractivity (Wildman–Crippen MR) is 105 cm³/mol. The molecule has 0 N–H and O–H groups in total. The van der Waals surface area contributed by atoms with E-state index in [1.807, 2.05) is 11.5 Å². The molecule has 0 aliphatic heterocycles. The summed E-state index contributed by atoms with van der Waals surface area (Å²) in [5, 5.41) is 0. The smallest absolute Gasteiger partial charge is 0.253 e. The average Bonchev–Trinajstić information content (AvgIpc) is 2.99. The minimum atomic E-state index is -0.330. The average molecular weight is 385 g/mol. The first-order chi connectivity index (χ1) is 13.4. The summed E-state index contributed by atoms with van der Waals surface area (Å²) in [6.45, 7) is 3.05. The molecule has 0 fully saturated rings. The van der Waals surface area contributed by atoms with Crippen molar-refractivity contribution in [2.45, 2.75) is 20.1 Å². The van der Waals surface area contributed by atoms with Gasteiger partial charge in [0.25, 0.3) is 5.91 Å². The van der Waals surface area contributed by atoms with Crippen molar-refractivity contribution in [1.29, 1.82) is 0 Å². The van der Waals surface area contributed by atoms with Crippen LogP contribution in [0.4, 0.5) is 4.39 Å². The highest BCUT2D eigenvalue weighted by atomic mass is 19.1. The molecular formula is C21H24FN3O3. The van der Waals surface area contributed by atoms with E-state index >= 15 is 0 Å². The maximum atomic E-state index is 14.0. The number of hydrogen-bond acceptors (Lipinski definition) is 4. The molecule has 1 heterocycles. The van der Waals surface area contributed by atoms with Crippen LogP contribution in [0.2, 0.25) is 0 Å². The summed E-state index contributed by atoms with van der Waals surface area (Å²) < 4.78 is 27.2. The summed E-state index contributed by atoms with van der Waals surface area (Å²) in [4.78, 5) is 18.6. The molecule has 0 spiro atoms. The fourth-order valence-electron chi connectivity index (χ4n) is 3.06. The first-order valence-electron chi connectivity index (χ1n) is 9.00. The van der Waals surface area contributed by atoms with Gasteiger partial charge in [-0.1, -0.05) is 18.2 Å². The lowest BCUT2D eigenvalue weighted by molar-refractivity contribution is 0.0827. The summed E-state index contributed by atoms with van der Waals surface area (Å²) in [5.41, 5.74) is 2.34. The van der Waals surface area contributed by atoms with Crippen LogP contribution in [0.3, 0.4) is 0 Å². The fraction of sp³-hybridized carbons (Fsp3) is 0.333. The molecular weight excluding hydrogens is 361 g/mol. The number of benzene rings is 2. The topological polar surface area (TPSA) is 56.6 Å². The highest BCUT2D eigenvalue weighted by molar-refractivity contribution is 5.99. The number of fused-ring (bicyclic) bond motifs is 1. The van der Waals surface area contributed by atoms with Crippen LogP contribution in [0, 0.1) is 12.7 Å². The molecule has 3 rings (SSSR count). The number of halogens is 1. The van der Waals surface area contributed by atoms with E-state index in [0.717, 1.165) is 11.3 Å². The Labute approximate surface area is 163 Å². The lowest BCUT2D eigenvalue weighted by atomic mass is 10.1. The lowest BCUT2D eigenvalue weighted by Crippen LogP contribution is -2.21. The van der Waals surface area contributed by atoms with Gasteiger partial charge in [-0.15, -0.1) is 0 Å². The van der Waals surface area contributed by atoms with Gasteiger partial charge in [-0.2, -0.15) is 0 Å². The second-order valence-corrected chi connectivity index (χ2v) is 6.73. The highest BCUT2D eigenvalue weighted by Crippen LogP contribution is 2.30. The van der Waals surface area contributed by atoms with Crippen molar-refractivity contribution in [2.24, 2.45) is 0 Å². The first-order valence-corrected chi connectivity index (χ1v) is 9.00. The number of ether oxygens (including phenoxy) is 2. The summed E-state index contributed by atoms with van der Waals surface area (Å²) in [6.07, 6.45) is 0. The number of aromatic nitrogens is 2. The Hall–Kier alpha value is -2.93. The number of amides is 1. The molecule has 148 valence electrons. The normalized spacial score (nSPS) is 11.0. The van der Waals surface area contributed by atoms with E-state index in [1.54, 1.807) is 51.5 Å². The molecule has 6 nitrogen and oxygen atoms in total. The summed E-state index contributed by atoms with van der Waals surface area (Å²) in [6, 6.07) is 9.91. The molecule has 0 radical (unpaired) electrons. The Morgan fingerprint density at radius 3 is 2.68 bits per heavy atom. The molecule has 0 saturated heterocycles. The fourth-order valence-corrected chi connectivity index (χ4v) is 3.06. The number of rotatable bonds is 7. The number of imidazole rings is 1. The number of hydrogen-bond donors (Lipinski definition) is 0. The minimum Gasteiger partial charge on any atom is -0.486 e. The molecule has 1 amide bonds. The van der Waals surface area contributed by atoms with Gasteiger partial charge < -0.3 is 18.9 Å². The number of aryl methyl sites for hydroxylation is 1. The van der Waals surface area contributed by atoms with Gasteiger partial charge >= 0.3 is 0 Å². The molecule has 0 atom stereocenters. The minimum absolute atomic E-state index is 0.0515. The Morgan fingerprint density at radius 2 is 2.00 bits per heavy atom. The standard InChI is InChI=1S/C21H24FN3O3/c1-14-23-18-11-16(21(26)24(2)3)12-19(20(18)25(14)9-10-27-4)28-13-15-7-5-6-8-17(15)22/h5-8,11-12H,9-10,13H2,1-4H3. The second-order valence-electron chi connectivity index (χ2n) is 6.73. The third-order valence-corrected chi connectivity index (χ3v) is 4.51. The van der Waals surface area contributed by atoms with E-state index in [4.69, 9.17) is 9.47 Å². The second kappa shape index (κ2) is 8.39. The molecule has 28 heavy (non-hydrogen) atoms. The van der Waals surface area contributed by atoms with Crippen molar-refractivity contribution in [3.05, 3.63) is 59.2 Å². The van der Waals surface area contributed by atoms with Gasteiger partial charge in [-0.05, 0) is 25.1 Å². The Kier molecular flexibility index (Phi) is 5.94. The number of carbonyl (C=O) groups is 1. The van der Waals surface area contributed by atoms with E-state index in [-0.39, 0.29) is 18.3 Å². The van der Waals surface area contributed by atoms with Crippen molar-refractivity contribution in [1.82, 2.24) is 14.5 Å². The SMILES string of the molecule is COCCn1c(C)nc2cc(C(=O)N(C)C)cc(OCc3ccccc3F)c21. The predicted octanol–water partition coefficient (Wildman–Crippen LogP) is 3.41. The third-order valence-electron chi connectivity index (χ3n) is 4.51. The maximum Gasteiger partial charge on any atom is 0.253 e. The zero-order chi connectivity index (χ0) is 20.3. The molecule has 7 heteroatoms. The number of nitrogens with zero attached hydrogens (tertiary/aromatic N) is 3. The van der Waals surface area contributed by atoms with Gasteiger partial charge in [0, 0.05) is 38.9 Å². The quantitative estimate of drug-likeness (QED) is 0.625. The first kappa shape index (κ1) is 19.8. The van der Waals surface area contributed by atoms with E-state index in [0.29, 0.717) is 35.5 Å². The lowest BCUT2D eigenvalue weighted by Gasteiger charge is -2.15. The van der Waals surface area contributed by atoms with Gasteiger partial charge in [0.1, 0.15) is 29.5 Å². The maximum absolute atomic E-state index is 14.0. The van der Waals surface area contributed by atoms with Crippen molar-refractivity contribution >= 4 is 16.9 Å². The van der Waals surface area contributed by atoms with E-state index in [1.165, 1.54) is 11.0 Å².